The highest BCUT2D eigenvalue weighted by Crippen LogP contribution is 2.23. The highest BCUT2D eigenvalue weighted by Gasteiger charge is 2.16. The summed E-state index contributed by atoms with van der Waals surface area (Å²) in [7, 11) is 0. The molecule has 14 heavy (non-hydrogen) atoms. The summed E-state index contributed by atoms with van der Waals surface area (Å²) in [5, 5.41) is 9.11. The normalized spacial score (nSPS) is 13.0. The van der Waals surface area contributed by atoms with E-state index in [9.17, 15) is 0 Å². The second kappa shape index (κ2) is 4.02. The van der Waals surface area contributed by atoms with Gasteiger partial charge in [-0.2, -0.15) is 4.98 Å². The van der Waals surface area contributed by atoms with E-state index in [0.29, 0.717) is 17.4 Å². The number of alkyl halides is 1. The molecule has 1 atom stereocenters. The average molecular weight is 231 g/mol. The number of hydrogen-bond donors (Lipinski definition) is 0. The van der Waals surface area contributed by atoms with Gasteiger partial charge in [0.25, 0.3) is 5.89 Å². The van der Waals surface area contributed by atoms with E-state index in [-0.39, 0.29) is 5.38 Å². The first kappa shape index (κ1) is 9.54. The fourth-order valence-electron chi connectivity index (χ4n) is 0.907. The molecule has 0 fully saturated rings. The number of hydrogen-bond acceptors (Lipinski definition) is 6. The zero-order valence-electron chi connectivity index (χ0n) is 7.35. The monoisotopic (exact) mass is 230 g/mol. The molecular weight excluding hydrogens is 224 g/mol. The standard InChI is InChI=1S/C7H7ClN4OS/c1-2-4(8)6-9-7(13-11-6)5-3-14-12-10-5/h3-4H,2H2,1H3. The summed E-state index contributed by atoms with van der Waals surface area (Å²) in [6, 6.07) is 0. The lowest BCUT2D eigenvalue weighted by Crippen LogP contribution is -1.90. The smallest absolute Gasteiger partial charge is 0.279 e. The summed E-state index contributed by atoms with van der Waals surface area (Å²) in [5.41, 5.74) is 0.591. The Kier molecular flexibility index (Phi) is 2.74. The van der Waals surface area contributed by atoms with Gasteiger partial charge in [-0.05, 0) is 18.0 Å². The fraction of sp³-hybridized carbons (Fsp3) is 0.429. The van der Waals surface area contributed by atoms with Gasteiger partial charge >= 0.3 is 0 Å². The Morgan fingerprint density at radius 2 is 2.50 bits per heavy atom. The molecule has 0 aliphatic carbocycles. The zero-order chi connectivity index (χ0) is 9.97. The summed E-state index contributed by atoms with van der Waals surface area (Å²) in [6.07, 6.45) is 0.760. The van der Waals surface area contributed by atoms with Crippen molar-refractivity contribution in [1.82, 2.24) is 19.7 Å². The van der Waals surface area contributed by atoms with Gasteiger partial charge in [-0.25, -0.2) is 0 Å². The van der Waals surface area contributed by atoms with Crippen LogP contribution in [0, 0.1) is 0 Å². The minimum Gasteiger partial charge on any atom is -0.332 e. The maximum Gasteiger partial charge on any atom is 0.279 e. The van der Waals surface area contributed by atoms with Crippen LogP contribution in [0.3, 0.4) is 0 Å². The SMILES string of the molecule is CCC(Cl)c1noc(-c2csnn2)n1. The van der Waals surface area contributed by atoms with E-state index in [0.717, 1.165) is 6.42 Å². The predicted octanol–water partition coefficient (Wildman–Crippen LogP) is 2.28. The van der Waals surface area contributed by atoms with Crippen molar-refractivity contribution in [2.45, 2.75) is 18.7 Å². The lowest BCUT2D eigenvalue weighted by atomic mass is 10.3. The molecule has 0 spiro atoms. The maximum atomic E-state index is 5.95. The third-order valence-electron chi connectivity index (χ3n) is 1.66. The molecule has 0 saturated heterocycles. The Morgan fingerprint density at radius 1 is 1.64 bits per heavy atom. The van der Waals surface area contributed by atoms with E-state index in [2.05, 4.69) is 19.7 Å². The van der Waals surface area contributed by atoms with Gasteiger partial charge in [-0.3, -0.25) is 0 Å². The number of aromatic nitrogens is 4. The number of nitrogens with zero attached hydrogens (tertiary/aromatic N) is 4. The predicted molar refractivity (Wildman–Crippen MR) is 52.1 cm³/mol. The van der Waals surface area contributed by atoms with Gasteiger partial charge in [0, 0.05) is 5.38 Å². The molecule has 74 valence electrons. The van der Waals surface area contributed by atoms with Crippen LogP contribution in [-0.4, -0.2) is 19.7 Å². The molecular formula is C7H7ClN4OS. The van der Waals surface area contributed by atoms with Gasteiger partial charge in [0.2, 0.25) is 0 Å². The highest BCUT2D eigenvalue weighted by molar-refractivity contribution is 7.03. The first-order valence-corrected chi connectivity index (χ1v) is 5.33. The molecule has 2 aromatic heterocycles. The van der Waals surface area contributed by atoms with E-state index < -0.39 is 0 Å². The molecule has 2 heterocycles. The Labute approximate surface area is 89.3 Å². The summed E-state index contributed by atoms with van der Waals surface area (Å²) in [6.45, 7) is 1.96. The minimum atomic E-state index is -0.209. The third kappa shape index (κ3) is 1.76. The Bertz CT molecular complexity index is 401. The van der Waals surface area contributed by atoms with Crippen LogP contribution in [0.25, 0.3) is 11.6 Å². The van der Waals surface area contributed by atoms with Crippen LogP contribution < -0.4 is 0 Å². The number of rotatable bonds is 3. The van der Waals surface area contributed by atoms with Gasteiger partial charge in [-0.15, -0.1) is 16.7 Å². The molecule has 0 aliphatic rings. The van der Waals surface area contributed by atoms with Crippen LogP contribution in [0.4, 0.5) is 0 Å². The summed E-state index contributed by atoms with van der Waals surface area (Å²) >= 11 is 7.18. The average Bonchev–Trinajstić information content (AvgIpc) is 2.86. The van der Waals surface area contributed by atoms with Gasteiger partial charge in [-0.1, -0.05) is 16.6 Å². The highest BCUT2D eigenvalue weighted by atomic mass is 35.5. The Hall–Kier alpha value is -1.01. The van der Waals surface area contributed by atoms with Crippen molar-refractivity contribution in [1.29, 1.82) is 0 Å². The van der Waals surface area contributed by atoms with Gasteiger partial charge in [0.1, 0.15) is 0 Å². The van der Waals surface area contributed by atoms with E-state index in [1.807, 2.05) is 6.92 Å². The van der Waals surface area contributed by atoms with Crippen molar-refractivity contribution < 1.29 is 4.52 Å². The van der Waals surface area contributed by atoms with E-state index >= 15 is 0 Å². The summed E-state index contributed by atoms with van der Waals surface area (Å²) in [4.78, 5) is 4.12. The topological polar surface area (TPSA) is 64.7 Å². The maximum absolute atomic E-state index is 5.95. The van der Waals surface area contributed by atoms with E-state index in [1.165, 1.54) is 11.5 Å². The number of halogens is 1. The van der Waals surface area contributed by atoms with Crippen molar-refractivity contribution in [3.8, 4) is 11.6 Å². The van der Waals surface area contributed by atoms with Crippen molar-refractivity contribution in [3.63, 3.8) is 0 Å². The minimum absolute atomic E-state index is 0.209. The van der Waals surface area contributed by atoms with E-state index in [1.54, 1.807) is 5.38 Å². The zero-order valence-corrected chi connectivity index (χ0v) is 8.92. The molecule has 2 aromatic rings. The molecule has 0 aliphatic heterocycles. The van der Waals surface area contributed by atoms with Gasteiger partial charge in [0.15, 0.2) is 11.5 Å². The van der Waals surface area contributed by atoms with Gasteiger partial charge in [0.05, 0.1) is 5.38 Å². The van der Waals surface area contributed by atoms with Crippen LogP contribution in [-0.2, 0) is 0 Å². The van der Waals surface area contributed by atoms with Crippen LogP contribution in [0.1, 0.15) is 24.5 Å². The van der Waals surface area contributed by atoms with Crippen molar-refractivity contribution >= 4 is 23.1 Å². The second-order valence-corrected chi connectivity index (χ2v) is 3.76. The molecule has 5 nitrogen and oxygen atoms in total. The van der Waals surface area contributed by atoms with Crippen LogP contribution in [0.2, 0.25) is 0 Å². The molecule has 0 saturated carbocycles. The molecule has 2 rings (SSSR count). The fourth-order valence-corrected chi connectivity index (χ4v) is 1.43. The molecule has 0 radical (unpaired) electrons. The van der Waals surface area contributed by atoms with Crippen LogP contribution >= 0.6 is 23.1 Å². The molecule has 1 unspecified atom stereocenters. The molecule has 0 amide bonds. The molecule has 7 heteroatoms. The Balaban J connectivity index is 2.26. The lowest BCUT2D eigenvalue weighted by Gasteiger charge is -1.95. The van der Waals surface area contributed by atoms with Crippen molar-refractivity contribution in [2.24, 2.45) is 0 Å². The first-order valence-electron chi connectivity index (χ1n) is 4.06. The second-order valence-electron chi connectivity index (χ2n) is 2.62. The quantitative estimate of drug-likeness (QED) is 0.757. The van der Waals surface area contributed by atoms with Crippen LogP contribution in [0.15, 0.2) is 9.90 Å². The molecule has 0 N–H and O–H groups in total. The molecule has 0 bridgehead atoms. The summed E-state index contributed by atoms with van der Waals surface area (Å²) in [5.74, 6) is 0.866. The lowest BCUT2D eigenvalue weighted by molar-refractivity contribution is 0.420. The largest absolute Gasteiger partial charge is 0.332 e. The van der Waals surface area contributed by atoms with E-state index in [4.69, 9.17) is 16.1 Å². The molecule has 0 aromatic carbocycles. The van der Waals surface area contributed by atoms with Crippen molar-refractivity contribution in [2.75, 3.05) is 0 Å². The van der Waals surface area contributed by atoms with Crippen LogP contribution in [0.5, 0.6) is 0 Å². The summed E-state index contributed by atoms with van der Waals surface area (Å²) < 4.78 is 8.69. The van der Waals surface area contributed by atoms with Gasteiger partial charge < -0.3 is 4.52 Å². The van der Waals surface area contributed by atoms with Crippen molar-refractivity contribution in [3.05, 3.63) is 11.2 Å². The first-order chi connectivity index (χ1) is 6.81. The third-order valence-corrected chi connectivity index (χ3v) is 2.67. The Morgan fingerprint density at radius 3 is 3.14 bits per heavy atom.